The zero-order valence-electron chi connectivity index (χ0n) is 14.9. The Morgan fingerprint density at radius 2 is 1.89 bits per heavy atom. The Labute approximate surface area is 162 Å². The number of anilines is 1. The third-order valence-electron chi connectivity index (χ3n) is 4.73. The van der Waals surface area contributed by atoms with Crippen molar-refractivity contribution in [2.24, 2.45) is 0 Å². The van der Waals surface area contributed by atoms with Crippen LogP contribution in [0.2, 0.25) is 0 Å². The number of hydrogen-bond acceptors (Lipinski definition) is 5. The number of nitrogens with zero attached hydrogens (tertiary/aromatic N) is 4. The molecule has 0 unspecified atom stereocenters. The number of aromatic amines is 1. The first kappa shape index (κ1) is 18.6. The maximum absolute atomic E-state index is 13.1. The lowest BCUT2D eigenvalue weighted by molar-refractivity contribution is -0.137. The van der Waals surface area contributed by atoms with Crippen molar-refractivity contribution in [3.63, 3.8) is 0 Å². The fourth-order valence-corrected chi connectivity index (χ4v) is 3.81. The second-order valence-electron chi connectivity index (χ2n) is 6.63. The minimum absolute atomic E-state index is 0.0727. The summed E-state index contributed by atoms with van der Waals surface area (Å²) < 4.78 is 40.7. The summed E-state index contributed by atoms with van der Waals surface area (Å²) in [5.74, 6) is 0.787. The van der Waals surface area contributed by atoms with E-state index < -0.39 is 17.3 Å². The highest BCUT2D eigenvalue weighted by Gasteiger charge is 2.30. The van der Waals surface area contributed by atoms with Crippen molar-refractivity contribution in [3.05, 3.63) is 50.6 Å². The third-order valence-corrected chi connectivity index (χ3v) is 5.12. The Hall–Kier alpha value is -2.75. The summed E-state index contributed by atoms with van der Waals surface area (Å²) in [5, 5.41) is 0.0842. The number of rotatable bonds is 2. The molecule has 10 heteroatoms. The average molecular weight is 407 g/mol. The van der Waals surface area contributed by atoms with Crippen molar-refractivity contribution < 1.29 is 13.2 Å². The molecule has 1 aromatic carbocycles. The maximum atomic E-state index is 13.1. The SMILES string of the molecule is Cc1nc2nc(N3CCCC3)[nH]c(=O)c2c(=S)n1-c1cccc(C(F)(F)F)c1. The molecule has 0 bridgehead atoms. The van der Waals surface area contributed by atoms with Gasteiger partial charge in [0.1, 0.15) is 15.9 Å². The van der Waals surface area contributed by atoms with Crippen LogP contribution in [0.3, 0.4) is 0 Å². The van der Waals surface area contributed by atoms with E-state index in [1.165, 1.54) is 16.7 Å². The van der Waals surface area contributed by atoms with Gasteiger partial charge in [-0.3, -0.25) is 14.3 Å². The second kappa shape index (κ2) is 6.69. The Bertz CT molecular complexity index is 1180. The first-order valence-corrected chi connectivity index (χ1v) is 9.13. The highest BCUT2D eigenvalue weighted by molar-refractivity contribution is 7.71. The van der Waals surface area contributed by atoms with Crippen molar-refractivity contribution in [1.29, 1.82) is 0 Å². The van der Waals surface area contributed by atoms with Crippen LogP contribution in [0.15, 0.2) is 29.1 Å². The molecule has 6 nitrogen and oxygen atoms in total. The van der Waals surface area contributed by atoms with Crippen LogP contribution in [-0.2, 0) is 6.18 Å². The molecule has 2 aromatic heterocycles. The number of fused-ring (bicyclic) bond motifs is 1. The maximum Gasteiger partial charge on any atom is 0.416 e. The second-order valence-corrected chi connectivity index (χ2v) is 7.02. The Morgan fingerprint density at radius 1 is 1.18 bits per heavy atom. The van der Waals surface area contributed by atoms with Crippen LogP contribution < -0.4 is 10.5 Å². The Morgan fingerprint density at radius 3 is 2.57 bits per heavy atom. The lowest BCUT2D eigenvalue weighted by Crippen LogP contribution is -2.25. The molecule has 0 spiro atoms. The van der Waals surface area contributed by atoms with Gasteiger partial charge in [0.05, 0.1) is 5.56 Å². The summed E-state index contributed by atoms with van der Waals surface area (Å²) in [4.78, 5) is 26.2. The van der Waals surface area contributed by atoms with Gasteiger partial charge in [0.2, 0.25) is 5.95 Å². The Balaban J connectivity index is 1.92. The number of H-pyrrole nitrogens is 1. The molecule has 146 valence electrons. The van der Waals surface area contributed by atoms with E-state index in [9.17, 15) is 18.0 Å². The van der Waals surface area contributed by atoms with Crippen molar-refractivity contribution in [2.75, 3.05) is 18.0 Å². The van der Waals surface area contributed by atoms with Crippen molar-refractivity contribution in [3.8, 4) is 5.69 Å². The van der Waals surface area contributed by atoms with Crippen molar-refractivity contribution >= 4 is 29.2 Å². The van der Waals surface area contributed by atoms with E-state index in [0.29, 0.717) is 11.8 Å². The molecule has 28 heavy (non-hydrogen) atoms. The molecule has 1 fully saturated rings. The van der Waals surface area contributed by atoms with Gasteiger partial charge in [-0.15, -0.1) is 0 Å². The van der Waals surface area contributed by atoms with Gasteiger partial charge in [0.15, 0.2) is 5.65 Å². The van der Waals surface area contributed by atoms with Crippen LogP contribution in [0.25, 0.3) is 16.7 Å². The van der Waals surface area contributed by atoms with E-state index in [0.717, 1.165) is 38.1 Å². The van der Waals surface area contributed by atoms with Crippen LogP contribution in [0.1, 0.15) is 24.2 Å². The molecular weight excluding hydrogens is 391 g/mol. The molecule has 0 atom stereocenters. The molecule has 1 aliphatic rings. The zero-order chi connectivity index (χ0) is 20.1. The van der Waals surface area contributed by atoms with Crippen molar-refractivity contribution in [2.45, 2.75) is 25.9 Å². The van der Waals surface area contributed by atoms with E-state index in [1.54, 1.807) is 6.92 Å². The lowest BCUT2D eigenvalue weighted by Gasteiger charge is -2.17. The number of benzene rings is 1. The summed E-state index contributed by atoms with van der Waals surface area (Å²) in [6.07, 6.45) is -2.45. The number of alkyl halides is 3. The highest BCUT2D eigenvalue weighted by Crippen LogP contribution is 2.31. The monoisotopic (exact) mass is 407 g/mol. The van der Waals surface area contributed by atoms with Gasteiger partial charge in [0.25, 0.3) is 5.56 Å². The van der Waals surface area contributed by atoms with Crippen LogP contribution in [0.4, 0.5) is 19.1 Å². The normalized spacial score (nSPS) is 14.8. The summed E-state index contributed by atoms with van der Waals surface area (Å²) in [6.45, 7) is 3.21. The molecule has 4 rings (SSSR count). The van der Waals surface area contributed by atoms with Gasteiger partial charge in [-0.2, -0.15) is 18.2 Å². The predicted molar refractivity (Wildman–Crippen MR) is 102 cm³/mol. The van der Waals surface area contributed by atoms with Crippen LogP contribution in [-0.4, -0.2) is 32.6 Å². The van der Waals surface area contributed by atoms with E-state index in [-0.39, 0.29) is 21.4 Å². The third kappa shape index (κ3) is 3.17. The minimum atomic E-state index is -4.49. The van der Waals surface area contributed by atoms with Crippen LogP contribution in [0.5, 0.6) is 0 Å². The number of halogens is 3. The smallest absolute Gasteiger partial charge is 0.342 e. The first-order chi connectivity index (χ1) is 13.3. The summed E-state index contributed by atoms with van der Waals surface area (Å²) in [7, 11) is 0. The number of aromatic nitrogens is 4. The fourth-order valence-electron chi connectivity index (χ4n) is 3.39. The van der Waals surface area contributed by atoms with Gasteiger partial charge in [-0.05, 0) is 38.0 Å². The average Bonchev–Trinajstić information content (AvgIpc) is 3.15. The zero-order valence-corrected chi connectivity index (χ0v) is 15.7. The first-order valence-electron chi connectivity index (χ1n) is 8.72. The largest absolute Gasteiger partial charge is 0.416 e. The van der Waals surface area contributed by atoms with Crippen molar-refractivity contribution in [1.82, 2.24) is 19.5 Å². The van der Waals surface area contributed by atoms with Gasteiger partial charge >= 0.3 is 6.18 Å². The van der Waals surface area contributed by atoms with Gasteiger partial charge in [-0.25, -0.2) is 4.98 Å². The molecule has 1 N–H and O–H groups in total. The van der Waals surface area contributed by atoms with Gasteiger partial charge in [0, 0.05) is 18.8 Å². The summed E-state index contributed by atoms with van der Waals surface area (Å²) >= 11 is 5.43. The number of aryl methyl sites for hydroxylation is 1. The predicted octanol–water partition coefficient (Wildman–Crippen LogP) is 3.77. The van der Waals surface area contributed by atoms with Gasteiger partial charge < -0.3 is 4.90 Å². The molecular formula is C18H16F3N5OS. The number of hydrogen-bond donors (Lipinski definition) is 1. The standard InChI is InChI=1S/C18H16F3N5OS/c1-10-22-14-13(15(27)24-17(23-14)25-7-2-3-8-25)16(28)26(10)12-6-4-5-11(9-12)18(19,20)21/h4-6,9H,2-3,7-8H2,1H3,(H,23,24,27). The number of nitrogens with one attached hydrogen (secondary N) is 1. The van der Waals surface area contributed by atoms with Crippen LogP contribution >= 0.6 is 12.2 Å². The van der Waals surface area contributed by atoms with E-state index in [4.69, 9.17) is 12.2 Å². The fraction of sp³-hybridized carbons (Fsp3) is 0.333. The van der Waals surface area contributed by atoms with E-state index in [2.05, 4.69) is 15.0 Å². The molecule has 0 saturated carbocycles. The molecule has 1 saturated heterocycles. The molecule has 0 amide bonds. The van der Waals surface area contributed by atoms with E-state index >= 15 is 0 Å². The minimum Gasteiger partial charge on any atom is -0.342 e. The molecule has 1 aliphatic heterocycles. The topological polar surface area (TPSA) is 66.8 Å². The molecule has 3 aromatic rings. The summed E-state index contributed by atoms with van der Waals surface area (Å²) in [5.41, 5.74) is -0.876. The van der Waals surface area contributed by atoms with E-state index in [1.807, 2.05) is 4.90 Å². The summed E-state index contributed by atoms with van der Waals surface area (Å²) in [6, 6.07) is 4.75. The molecule has 0 radical (unpaired) electrons. The highest BCUT2D eigenvalue weighted by atomic mass is 32.1. The molecule has 3 heterocycles. The Kier molecular flexibility index (Phi) is 4.45. The quantitative estimate of drug-likeness (QED) is 0.655. The lowest BCUT2D eigenvalue weighted by atomic mass is 10.2. The van der Waals surface area contributed by atoms with Crippen LogP contribution in [0, 0.1) is 11.6 Å². The van der Waals surface area contributed by atoms with Gasteiger partial charge in [-0.1, -0.05) is 18.3 Å². The molecule has 0 aliphatic carbocycles.